The summed E-state index contributed by atoms with van der Waals surface area (Å²) in [5.74, 6) is 0.392. The lowest BCUT2D eigenvalue weighted by Gasteiger charge is -2.38. The maximum absolute atomic E-state index is 14.0. The molecule has 1 amide bonds. The Morgan fingerprint density at radius 3 is 2.29 bits per heavy atom. The van der Waals surface area contributed by atoms with Crippen molar-refractivity contribution in [2.24, 2.45) is 0 Å². The van der Waals surface area contributed by atoms with Crippen LogP contribution in [0.5, 0.6) is 11.5 Å². The van der Waals surface area contributed by atoms with Crippen molar-refractivity contribution in [1.82, 2.24) is 9.21 Å². The molecule has 0 radical (unpaired) electrons. The first kappa shape index (κ1) is 21.6. The van der Waals surface area contributed by atoms with Crippen LogP contribution in [0.3, 0.4) is 0 Å². The number of carbonyl (C=O) groups is 1. The van der Waals surface area contributed by atoms with E-state index in [-0.39, 0.29) is 37.0 Å². The van der Waals surface area contributed by atoms with Gasteiger partial charge in [0.1, 0.15) is 23.9 Å². The third kappa shape index (κ3) is 3.99. The minimum absolute atomic E-state index is 0.105. The number of carbonyl (C=O) groups excluding carboxylic acids is 1. The maximum atomic E-state index is 14.0. The van der Waals surface area contributed by atoms with Crippen molar-refractivity contribution in [2.45, 2.75) is 24.2 Å². The highest BCUT2D eigenvalue weighted by molar-refractivity contribution is 7.89. The Morgan fingerprint density at radius 1 is 0.968 bits per heavy atom. The molecule has 1 fully saturated rings. The van der Waals surface area contributed by atoms with Gasteiger partial charge in [-0.05, 0) is 43.7 Å². The lowest BCUT2D eigenvalue weighted by atomic mass is 9.82. The Morgan fingerprint density at radius 2 is 1.61 bits per heavy atom. The smallest absolute Gasteiger partial charge is 0.246 e. The van der Waals surface area contributed by atoms with Crippen LogP contribution in [0.4, 0.5) is 4.39 Å². The molecule has 1 saturated heterocycles. The quantitative estimate of drug-likeness (QED) is 0.718. The first-order valence-corrected chi connectivity index (χ1v) is 11.6. The molecule has 0 aliphatic carbocycles. The van der Waals surface area contributed by atoms with E-state index in [9.17, 15) is 17.6 Å². The molecule has 0 unspecified atom stereocenters. The van der Waals surface area contributed by atoms with Gasteiger partial charge in [-0.25, -0.2) is 12.8 Å². The Bertz CT molecular complexity index is 1090. The van der Waals surface area contributed by atoms with Gasteiger partial charge in [0.25, 0.3) is 0 Å². The van der Waals surface area contributed by atoms with Crippen molar-refractivity contribution >= 4 is 15.9 Å². The number of benzene rings is 2. The van der Waals surface area contributed by atoms with Crippen LogP contribution in [0.2, 0.25) is 0 Å². The van der Waals surface area contributed by atoms with Crippen molar-refractivity contribution in [3.05, 3.63) is 53.8 Å². The molecule has 0 bridgehead atoms. The molecule has 0 saturated carbocycles. The summed E-state index contributed by atoms with van der Waals surface area (Å²) in [7, 11) is -3.95. The molecular formula is C22H25FN2O5S. The minimum atomic E-state index is -3.95. The van der Waals surface area contributed by atoms with Crippen LogP contribution in [0.1, 0.15) is 19.4 Å². The predicted molar refractivity (Wildman–Crippen MR) is 112 cm³/mol. The second-order valence-corrected chi connectivity index (χ2v) is 10.0. The number of piperazine rings is 1. The van der Waals surface area contributed by atoms with Crippen molar-refractivity contribution in [1.29, 1.82) is 0 Å². The predicted octanol–water partition coefficient (Wildman–Crippen LogP) is 2.41. The SMILES string of the molecule is CC(C)(C(=O)N1CCN(S(=O)(=O)c2ccccc2F)CC1)c1ccc2c(c1)OCCO2. The zero-order valence-electron chi connectivity index (χ0n) is 17.5. The highest BCUT2D eigenvalue weighted by atomic mass is 32.2. The van der Waals surface area contributed by atoms with Crippen molar-refractivity contribution < 1.29 is 27.1 Å². The molecule has 2 aliphatic heterocycles. The zero-order valence-corrected chi connectivity index (χ0v) is 18.3. The number of hydrogen-bond donors (Lipinski definition) is 0. The Balaban J connectivity index is 1.47. The van der Waals surface area contributed by atoms with E-state index in [1.54, 1.807) is 11.0 Å². The molecule has 7 nitrogen and oxygen atoms in total. The van der Waals surface area contributed by atoms with Gasteiger partial charge in [0.05, 0.1) is 5.41 Å². The summed E-state index contributed by atoms with van der Waals surface area (Å²) < 4.78 is 52.0. The monoisotopic (exact) mass is 448 g/mol. The van der Waals surface area contributed by atoms with Crippen molar-refractivity contribution in [3.8, 4) is 11.5 Å². The fourth-order valence-electron chi connectivity index (χ4n) is 3.88. The van der Waals surface area contributed by atoms with Crippen LogP contribution in [0.25, 0.3) is 0 Å². The number of halogens is 1. The van der Waals surface area contributed by atoms with Crippen molar-refractivity contribution in [3.63, 3.8) is 0 Å². The average molecular weight is 449 g/mol. The molecule has 0 N–H and O–H groups in total. The summed E-state index contributed by atoms with van der Waals surface area (Å²) >= 11 is 0. The summed E-state index contributed by atoms with van der Waals surface area (Å²) in [6.07, 6.45) is 0. The van der Waals surface area contributed by atoms with E-state index < -0.39 is 21.3 Å². The lowest BCUT2D eigenvalue weighted by molar-refractivity contribution is -0.137. The number of nitrogens with zero attached hydrogens (tertiary/aromatic N) is 2. The third-order valence-electron chi connectivity index (χ3n) is 5.78. The Labute approximate surface area is 181 Å². The fraction of sp³-hybridized carbons (Fsp3) is 0.409. The molecule has 9 heteroatoms. The van der Waals surface area contributed by atoms with Crippen LogP contribution in [-0.2, 0) is 20.2 Å². The number of fused-ring (bicyclic) bond motifs is 1. The molecule has 31 heavy (non-hydrogen) atoms. The molecule has 4 rings (SSSR count). The van der Waals surface area contributed by atoms with Gasteiger partial charge in [-0.2, -0.15) is 4.31 Å². The first-order chi connectivity index (χ1) is 14.7. The van der Waals surface area contributed by atoms with Gasteiger partial charge in [-0.15, -0.1) is 0 Å². The van der Waals surface area contributed by atoms with E-state index in [1.165, 1.54) is 22.5 Å². The molecule has 2 aromatic carbocycles. The average Bonchev–Trinajstić information content (AvgIpc) is 2.78. The van der Waals surface area contributed by atoms with E-state index in [4.69, 9.17) is 9.47 Å². The summed E-state index contributed by atoms with van der Waals surface area (Å²) in [4.78, 5) is 14.6. The van der Waals surface area contributed by atoms with E-state index in [0.717, 1.165) is 11.6 Å². The minimum Gasteiger partial charge on any atom is -0.486 e. The first-order valence-electron chi connectivity index (χ1n) is 10.2. The molecule has 0 spiro atoms. The lowest BCUT2D eigenvalue weighted by Crippen LogP contribution is -2.54. The Kier molecular flexibility index (Phi) is 5.65. The molecule has 2 aromatic rings. The largest absolute Gasteiger partial charge is 0.486 e. The van der Waals surface area contributed by atoms with Crippen LogP contribution in [0, 0.1) is 5.82 Å². The van der Waals surface area contributed by atoms with Gasteiger partial charge in [0.2, 0.25) is 15.9 Å². The van der Waals surface area contributed by atoms with Crippen LogP contribution >= 0.6 is 0 Å². The normalized spacial score (nSPS) is 17.5. The topological polar surface area (TPSA) is 76.2 Å². The fourth-order valence-corrected chi connectivity index (χ4v) is 5.36. The van der Waals surface area contributed by atoms with Gasteiger partial charge < -0.3 is 14.4 Å². The second-order valence-electron chi connectivity index (χ2n) is 8.11. The highest BCUT2D eigenvalue weighted by Crippen LogP contribution is 2.36. The standard InChI is InChI=1S/C22H25FN2O5S/c1-22(2,16-7-8-18-19(15-16)30-14-13-29-18)21(26)24-9-11-25(12-10-24)31(27,28)20-6-4-3-5-17(20)23/h3-8,15H,9-14H2,1-2H3. The summed E-state index contributed by atoms with van der Waals surface area (Å²) in [6.45, 7) is 5.32. The molecular weight excluding hydrogens is 423 g/mol. The van der Waals surface area contributed by atoms with Crippen LogP contribution in [-0.4, -0.2) is 62.9 Å². The van der Waals surface area contributed by atoms with Gasteiger partial charge in [-0.1, -0.05) is 18.2 Å². The highest BCUT2D eigenvalue weighted by Gasteiger charge is 2.38. The van der Waals surface area contributed by atoms with E-state index >= 15 is 0 Å². The van der Waals surface area contributed by atoms with E-state index in [1.807, 2.05) is 26.0 Å². The molecule has 0 atom stereocenters. The van der Waals surface area contributed by atoms with Gasteiger partial charge in [-0.3, -0.25) is 4.79 Å². The van der Waals surface area contributed by atoms with Gasteiger partial charge in [0, 0.05) is 26.2 Å². The molecule has 166 valence electrons. The molecule has 2 heterocycles. The van der Waals surface area contributed by atoms with Crippen LogP contribution in [0.15, 0.2) is 47.4 Å². The zero-order chi connectivity index (χ0) is 22.2. The molecule has 2 aliphatic rings. The van der Waals surface area contributed by atoms with Crippen LogP contribution < -0.4 is 9.47 Å². The summed E-state index contributed by atoms with van der Waals surface area (Å²) in [6, 6.07) is 10.8. The van der Waals surface area contributed by atoms with Crippen molar-refractivity contribution in [2.75, 3.05) is 39.4 Å². The summed E-state index contributed by atoms with van der Waals surface area (Å²) in [5, 5.41) is 0. The second kappa shape index (κ2) is 8.12. The number of sulfonamides is 1. The maximum Gasteiger partial charge on any atom is 0.246 e. The number of amides is 1. The van der Waals surface area contributed by atoms with E-state index in [0.29, 0.717) is 24.7 Å². The van der Waals surface area contributed by atoms with E-state index in [2.05, 4.69) is 0 Å². The van der Waals surface area contributed by atoms with Gasteiger partial charge >= 0.3 is 0 Å². The number of hydrogen-bond acceptors (Lipinski definition) is 5. The number of ether oxygens (including phenoxy) is 2. The van der Waals surface area contributed by atoms with Gasteiger partial charge in [0.15, 0.2) is 11.5 Å². The Hall–Kier alpha value is -2.65. The number of rotatable bonds is 4. The molecule has 0 aromatic heterocycles. The summed E-state index contributed by atoms with van der Waals surface area (Å²) in [5.41, 5.74) is -0.0363. The third-order valence-corrected chi connectivity index (χ3v) is 7.71.